The summed E-state index contributed by atoms with van der Waals surface area (Å²) in [6, 6.07) is 1.69. The highest BCUT2D eigenvalue weighted by molar-refractivity contribution is 6.29. The zero-order valence-corrected chi connectivity index (χ0v) is 12.8. The summed E-state index contributed by atoms with van der Waals surface area (Å²) in [4.78, 5) is 8.49. The van der Waals surface area contributed by atoms with Crippen molar-refractivity contribution in [2.45, 2.75) is 44.8 Å². The Bertz CT molecular complexity index is 448. The second kappa shape index (κ2) is 6.70. The van der Waals surface area contributed by atoms with E-state index < -0.39 is 0 Å². The highest BCUT2D eigenvalue weighted by Gasteiger charge is 2.34. The van der Waals surface area contributed by atoms with E-state index in [0.29, 0.717) is 23.4 Å². The largest absolute Gasteiger partial charge is 0.394 e. The zero-order chi connectivity index (χ0) is 14.6. The summed E-state index contributed by atoms with van der Waals surface area (Å²) in [5, 5.41) is 13.5. The first kappa shape index (κ1) is 15.5. The van der Waals surface area contributed by atoms with Gasteiger partial charge in [0.05, 0.1) is 12.1 Å². The minimum atomic E-state index is -0.297. The van der Waals surface area contributed by atoms with Crippen LogP contribution in [0.5, 0.6) is 0 Å². The van der Waals surface area contributed by atoms with Gasteiger partial charge in [-0.1, -0.05) is 18.5 Å². The van der Waals surface area contributed by atoms with Crippen LogP contribution in [0.2, 0.25) is 5.15 Å². The molecule has 1 aromatic rings. The number of hydrogen-bond acceptors (Lipinski definition) is 5. The zero-order valence-electron chi connectivity index (χ0n) is 12.0. The topological polar surface area (TPSA) is 67.3 Å². The summed E-state index contributed by atoms with van der Waals surface area (Å²) < 4.78 is 5.03. The van der Waals surface area contributed by atoms with E-state index in [1.165, 1.54) is 0 Å². The number of aliphatic hydroxyl groups excluding tert-OH is 1. The van der Waals surface area contributed by atoms with Gasteiger partial charge >= 0.3 is 0 Å². The molecule has 1 aliphatic carbocycles. The Morgan fingerprint density at radius 2 is 2.15 bits per heavy atom. The Morgan fingerprint density at radius 1 is 1.45 bits per heavy atom. The van der Waals surface area contributed by atoms with Crippen LogP contribution in [0.25, 0.3) is 0 Å². The molecule has 0 bridgehead atoms. The van der Waals surface area contributed by atoms with Crippen molar-refractivity contribution < 1.29 is 9.84 Å². The van der Waals surface area contributed by atoms with Crippen LogP contribution in [-0.4, -0.2) is 34.3 Å². The summed E-state index contributed by atoms with van der Waals surface area (Å²) in [5.74, 6) is 1.91. The third kappa shape index (κ3) is 3.81. The third-order valence-electron chi connectivity index (χ3n) is 3.94. The van der Waals surface area contributed by atoms with Crippen molar-refractivity contribution in [2.24, 2.45) is 5.92 Å². The van der Waals surface area contributed by atoms with Gasteiger partial charge in [-0.3, -0.25) is 0 Å². The van der Waals surface area contributed by atoms with Gasteiger partial charge in [0.1, 0.15) is 17.6 Å². The number of rotatable bonds is 5. The second-order valence-corrected chi connectivity index (χ2v) is 6.06. The minimum Gasteiger partial charge on any atom is -0.394 e. The van der Waals surface area contributed by atoms with Crippen LogP contribution >= 0.6 is 11.6 Å². The molecule has 1 heterocycles. The van der Waals surface area contributed by atoms with Crippen molar-refractivity contribution >= 4 is 17.4 Å². The number of hydrogen-bond donors (Lipinski definition) is 2. The minimum absolute atomic E-state index is 0.0982. The number of anilines is 1. The van der Waals surface area contributed by atoms with E-state index in [1.54, 1.807) is 13.2 Å². The molecule has 0 spiro atoms. The third-order valence-corrected chi connectivity index (χ3v) is 4.14. The van der Waals surface area contributed by atoms with E-state index in [9.17, 15) is 5.11 Å². The maximum absolute atomic E-state index is 9.77. The molecule has 0 aliphatic heterocycles. The molecule has 1 saturated carbocycles. The van der Waals surface area contributed by atoms with E-state index in [2.05, 4.69) is 22.2 Å². The van der Waals surface area contributed by atoms with Crippen molar-refractivity contribution in [2.75, 3.05) is 19.0 Å². The molecule has 0 saturated heterocycles. The lowest BCUT2D eigenvalue weighted by Crippen LogP contribution is -2.45. The summed E-state index contributed by atoms with van der Waals surface area (Å²) in [6.07, 6.45) is 4.09. The highest BCUT2D eigenvalue weighted by Crippen LogP contribution is 2.34. The first-order valence-corrected chi connectivity index (χ1v) is 7.36. The average molecular weight is 300 g/mol. The van der Waals surface area contributed by atoms with Crippen LogP contribution in [0.1, 0.15) is 38.4 Å². The Kier molecular flexibility index (Phi) is 5.18. The maximum atomic E-state index is 9.77. The molecule has 112 valence electrons. The lowest BCUT2D eigenvalue weighted by atomic mass is 9.77. The molecule has 2 rings (SSSR count). The smallest absolute Gasteiger partial charge is 0.158 e. The first-order valence-electron chi connectivity index (χ1n) is 6.98. The van der Waals surface area contributed by atoms with Crippen molar-refractivity contribution in [1.29, 1.82) is 0 Å². The number of methoxy groups -OCH3 is 1. The number of halogens is 1. The molecule has 1 fully saturated rings. The number of aliphatic hydroxyl groups is 1. The monoisotopic (exact) mass is 299 g/mol. The molecule has 5 nitrogen and oxygen atoms in total. The van der Waals surface area contributed by atoms with Gasteiger partial charge in [-0.15, -0.1) is 0 Å². The van der Waals surface area contributed by atoms with Gasteiger partial charge in [0.25, 0.3) is 0 Å². The fourth-order valence-corrected chi connectivity index (χ4v) is 2.83. The fraction of sp³-hybridized carbons (Fsp3) is 0.714. The molecule has 0 atom stereocenters. The number of nitrogens with one attached hydrogen (secondary N) is 1. The Labute approximate surface area is 124 Å². The Balaban J connectivity index is 2.14. The normalized spacial score (nSPS) is 26.5. The molecular formula is C14H22ClN3O2. The molecule has 1 aliphatic rings. The maximum Gasteiger partial charge on any atom is 0.158 e. The predicted octanol–water partition coefficient (Wildman–Crippen LogP) is 2.63. The van der Waals surface area contributed by atoms with Gasteiger partial charge in [0.2, 0.25) is 0 Å². The first-order chi connectivity index (χ1) is 9.57. The van der Waals surface area contributed by atoms with Crippen LogP contribution in [0, 0.1) is 5.92 Å². The Morgan fingerprint density at radius 3 is 2.75 bits per heavy atom. The number of ether oxygens (including phenoxy) is 1. The van der Waals surface area contributed by atoms with Crippen LogP contribution in [0.15, 0.2) is 6.07 Å². The van der Waals surface area contributed by atoms with Crippen molar-refractivity contribution in [1.82, 2.24) is 9.97 Å². The molecule has 6 heteroatoms. The van der Waals surface area contributed by atoms with Crippen molar-refractivity contribution in [3.8, 4) is 0 Å². The predicted molar refractivity (Wildman–Crippen MR) is 78.8 cm³/mol. The molecule has 0 unspecified atom stereocenters. The lowest BCUT2D eigenvalue weighted by Gasteiger charge is -2.39. The summed E-state index contributed by atoms with van der Waals surface area (Å²) >= 11 is 6.01. The summed E-state index contributed by atoms with van der Waals surface area (Å²) in [7, 11) is 1.59. The summed E-state index contributed by atoms with van der Waals surface area (Å²) in [6.45, 7) is 2.67. The average Bonchev–Trinajstić information content (AvgIpc) is 2.41. The van der Waals surface area contributed by atoms with Crippen molar-refractivity contribution in [3.63, 3.8) is 0 Å². The van der Waals surface area contributed by atoms with Crippen molar-refractivity contribution in [3.05, 3.63) is 17.0 Å². The van der Waals surface area contributed by atoms with E-state index in [1.807, 2.05) is 0 Å². The second-order valence-electron chi connectivity index (χ2n) is 5.67. The van der Waals surface area contributed by atoms with Gasteiger partial charge in [-0.05, 0) is 31.6 Å². The number of nitrogens with zero attached hydrogens (tertiary/aromatic N) is 2. The lowest BCUT2D eigenvalue weighted by molar-refractivity contribution is 0.154. The molecule has 2 N–H and O–H groups in total. The van der Waals surface area contributed by atoms with Crippen LogP contribution in [0.3, 0.4) is 0 Å². The molecule has 1 aromatic heterocycles. The van der Waals surface area contributed by atoms with Crippen LogP contribution in [-0.2, 0) is 11.3 Å². The molecule has 20 heavy (non-hydrogen) atoms. The molecule has 0 aromatic carbocycles. The van der Waals surface area contributed by atoms with Gasteiger partial charge in [-0.2, -0.15) is 0 Å². The van der Waals surface area contributed by atoms with E-state index in [-0.39, 0.29) is 12.1 Å². The Hall–Kier alpha value is -0.910. The van der Waals surface area contributed by atoms with Crippen LogP contribution < -0.4 is 5.32 Å². The number of aromatic nitrogens is 2. The highest BCUT2D eigenvalue weighted by atomic mass is 35.5. The van der Waals surface area contributed by atoms with Crippen LogP contribution in [0.4, 0.5) is 5.82 Å². The van der Waals surface area contributed by atoms with E-state index in [0.717, 1.165) is 31.6 Å². The van der Waals surface area contributed by atoms with Gasteiger partial charge in [0.15, 0.2) is 5.82 Å². The fourth-order valence-electron chi connectivity index (χ4n) is 2.63. The summed E-state index contributed by atoms with van der Waals surface area (Å²) in [5.41, 5.74) is -0.297. The molecule has 0 radical (unpaired) electrons. The van der Waals surface area contributed by atoms with E-state index in [4.69, 9.17) is 16.3 Å². The molecule has 0 amide bonds. The molecular weight excluding hydrogens is 278 g/mol. The quantitative estimate of drug-likeness (QED) is 0.818. The standard InChI is InChI=1S/C14H22ClN3O2/c1-10-3-5-14(9-19,6-4-10)18-12-7-11(15)16-13(17-12)8-20-2/h7,10,19H,3-6,8-9H2,1-2H3,(H,16,17,18). The van der Waals surface area contributed by atoms with Gasteiger partial charge in [0, 0.05) is 13.2 Å². The van der Waals surface area contributed by atoms with Gasteiger partial charge < -0.3 is 15.2 Å². The SMILES string of the molecule is COCc1nc(Cl)cc(NC2(CO)CCC(C)CC2)n1. The van der Waals surface area contributed by atoms with E-state index >= 15 is 0 Å². The van der Waals surface area contributed by atoms with Gasteiger partial charge in [-0.25, -0.2) is 9.97 Å².